The summed E-state index contributed by atoms with van der Waals surface area (Å²) in [5.74, 6) is 0.962. The van der Waals surface area contributed by atoms with Crippen LogP contribution in [0.5, 0.6) is 5.75 Å². The molecular formula is C27H38N4O2S2. The lowest BCUT2D eigenvalue weighted by Gasteiger charge is -2.26. The molecule has 1 amide bonds. The van der Waals surface area contributed by atoms with Crippen LogP contribution in [0, 0.1) is 0 Å². The van der Waals surface area contributed by atoms with Crippen molar-refractivity contribution in [3.05, 3.63) is 54.1 Å². The molecule has 0 aromatic heterocycles. The average molecular weight is 515 g/mol. The Balaban J connectivity index is 1.22. The molecule has 3 N–H and O–H groups in total. The molecule has 0 bridgehead atoms. The second-order valence-corrected chi connectivity index (χ2v) is 9.98. The molecule has 0 unspecified atom stereocenters. The molecule has 2 aromatic rings. The minimum absolute atomic E-state index is 0.0573. The third-order valence-electron chi connectivity index (χ3n) is 5.89. The van der Waals surface area contributed by atoms with Crippen LogP contribution in [0.3, 0.4) is 0 Å². The number of amides is 1. The molecule has 3 rings (SSSR count). The van der Waals surface area contributed by atoms with Crippen molar-refractivity contribution in [3.63, 3.8) is 0 Å². The van der Waals surface area contributed by atoms with Crippen LogP contribution in [-0.2, 0) is 11.3 Å². The molecule has 0 spiro atoms. The van der Waals surface area contributed by atoms with Gasteiger partial charge in [-0.3, -0.25) is 9.69 Å². The number of carbonyl (C=O) groups excluding carboxylic acids is 1. The highest BCUT2D eigenvalue weighted by molar-refractivity contribution is 7.98. The van der Waals surface area contributed by atoms with Crippen molar-refractivity contribution in [1.82, 2.24) is 15.5 Å². The van der Waals surface area contributed by atoms with E-state index in [1.165, 1.54) is 37.9 Å². The van der Waals surface area contributed by atoms with Gasteiger partial charge in [-0.25, -0.2) is 0 Å². The van der Waals surface area contributed by atoms with E-state index >= 15 is 0 Å². The van der Waals surface area contributed by atoms with Crippen molar-refractivity contribution in [2.75, 3.05) is 44.4 Å². The first-order valence-corrected chi connectivity index (χ1v) is 14.2. The number of thioether (sulfide) groups is 1. The molecule has 0 atom stereocenters. The van der Waals surface area contributed by atoms with Gasteiger partial charge in [-0.1, -0.05) is 30.7 Å². The standard InChI is InChI=1S/C27H38N4O2S2/c1-35-25-13-4-3-12-24(25)30-27(34)29-15-8-14-26(32)28-16-9-19-33-23-11-7-10-22(20-23)21-31-17-5-2-6-18-31/h3-4,7,10-13,20H,2,5-6,8-9,14-19,21H2,1H3,(H,28,32)(H2,29,30,34). The van der Waals surface area contributed by atoms with Crippen molar-refractivity contribution in [3.8, 4) is 5.75 Å². The van der Waals surface area contributed by atoms with Crippen molar-refractivity contribution in [2.45, 2.75) is 50.0 Å². The number of hydrogen-bond donors (Lipinski definition) is 3. The van der Waals surface area contributed by atoms with Gasteiger partial charge in [0.15, 0.2) is 5.11 Å². The molecule has 0 saturated carbocycles. The van der Waals surface area contributed by atoms with E-state index in [-0.39, 0.29) is 5.91 Å². The predicted octanol–water partition coefficient (Wildman–Crippen LogP) is 5.05. The van der Waals surface area contributed by atoms with Crippen molar-refractivity contribution in [1.29, 1.82) is 0 Å². The molecule has 0 aliphatic carbocycles. The Labute approximate surface area is 219 Å². The first-order chi connectivity index (χ1) is 17.1. The first-order valence-electron chi connectivity index (χ1n) is 12.5. The molecule has 190 valence electrons. The largest absolute Gasteiger partial charge is 0.494 e. The summed E-state index contributed by atoms with van der Waals surface area (Å²) < 4.78 is 5.91. The second kappa shape index (κ2) is 15.7. The summed E-state index contributed by atoms with van der Waals surface area (Å²) in [7, 11) is 0. The summed E-state index contributed by atoms with van der Waals surface area (Å²) in [5.41, 5.74) is 2.29. The fourth-order valence-corrected chi connectivity index (χ4v) is 4.82. The second-order valence-electron chi connectivity index (χ2n) is 8.72. The molecule has 1 aliphatic heterocycles. The molecule has 6 nitrogen and oxygen atoms in total. The van der Waals surface area contributed by atoms with Crippen LogP contribution in [0.1, 0.15) is 44.1 Å². The highest BCUT2D eigenvalue weighted by Crippen LogP contribution is 2.24. The summed E-state index contributed by atoms with van der Waals surface area (Å²) in [6, 6.07) is 16.4. The summed E-state index contributed by atoms with van der Waals surface area (Å²) >= 11 is 7.04. The first kappa shape index (κ1) is 27.3. The molecule has 1 aliphatic rings. The van der Waals surface area contributed by atoms with E-state index in [1.54, 1.807) is 11.8 Å². The topological polar surface area (TPSA) is 65.6 Å². The molecule has 2 aromatic carbocycles. The Morgan fingerprint density at radius 3 is 2.66 bits per heavy atom. The minimum atomic E-state index is 0.0573. The number of nitrogens with one attached hydrogen (secondary N) is 3. The molecule has 35 heavy (non-hydrogen) atoms. The van der Waals surface area contributed by atoms with Crippen LogP contribution in [-0.4, -0.2) is 55.0 Å². The normalized spacial score (nSPS) is 13.7. The maximum atomic E-state index is 12.1. The van der Waals surface area contributed by atoms with Gasteiger partial charge in [0.2, 0.25) is 5.91 Å². The van der Waals surface area contributed by atoms with Crippen LogP contribution in [0.4, 0.5) is 5.69 Å². The van der Waals surface area contributed by atoms with E-state index in [1.807, 2.05) is 30.5 Å². The summed E-state index contributed by atoms with van der Waals surface area (Å²) in [6.07, 6.45) is 7.97. The Kier molecular flexibility index (Phi) is 12.2. The number of para-hydroxylation sites is 1. The molecule has 1 fully saturated rings. The number of ether oxygens (including phenoxy) is 1. The van der Waals surface area contributed by atoms with Crippen LogP contribution in [0.15, 0.2) is 53.4 Å². The lowest BCUT2D eigenvalue weighted by Crippen LogP contribution is -2.31. The van der Waals surface area contributed by atoms with Gasteiger partial charge in [0, 0.05) is 31.0 Å². The van der Waals surface area contributed by atoms with E-state index < -0.39 is 0 Å². The van der Waals surface area contributed by atoms with E-state index in [9.17, 15) is 4.79 Å². The van der Waals surface area contributed by atoms with Gasteiger partial charge in [-0.15, -0.1) is 11.8 Å². The zero-order valence-corrected chi connectivity index (χ0v) is 22.3. The number of hydrogen-bond acceptors (Lipinski definition) is 5. The Hall–Kier alpha value is -2.29. The zero-order chi connectivity index (χ0) is 24.7. The average Bonchev–Trinajstić information content (AvgIpc) is 2.87. The van der Waals surface area contributed by atoms with Gasteiger partial charge in [0.25, 0.3) is 0 Å². The number of nitrogens with zero attached hydrogens (tertiary/aromatic N) is 1. The number of benzene rings is 2. The number of rotatable bonds is 13. The van der Waals surface area contributed by atoms with Gasteiger partial charge >= 0.3 is 0 Å². The summed E-state index contributed by atoms with van der Waals surface area (Å²) in [6.45, 7) is 5.23. The molecule has 1 saturated heterocycles. The van der Waals surface area contributed by atoms with E-state index in [2.05, 4.69) is 45.1 Å². The van der Waals surface area contributed by atoms with Crippen LogP contribution in [0.25, 0.3) is 0 Å². The number of anilines is 1. The highest BCUT2D eigenvalue weighted by Gasteiger charge is 2.10. The van der Waals surface area contributed by atoms with Crippen molar-refractivity contribution < 1.29 is 9.53 Å². The SMILES string of the molecule is CSc1ccccc1NC(=S)NCCCC(=O)NCCCOc1cccc(CN2CCCCC2)c1. The van der Waals surface area contributed by atoms with E-state index in [0.29, 0.717) is 31.2 Å². The van der Waals surface area contributed by atoms with Gasteiger partial charge in [-0.05, 0) is 87.1 Å². The molecular weight excluding hydrogens is 476 g/mol. The van der Waals surface area contributed by atoms with Gasteiger partial charge in [0.05, 0.1) is 12.3 Å². The van der Waals surface area contributed by atoms with E-state index in [4.69, 9.17) is 17.0 Å². The highest BCUT2D eigenvalue weighted by atomic mass is 32.2. The maximum absolute atomic E-state index is 12.1. The smallest absolute Gasteiger partial charge is 0.220 e. The van der Waals surface area contributed by atoms with Crippen LogP contribution >= 0.6 is 24.0 Å². The Morgan fingerprint density at radius 2 is 1.83 bits per heavy atom. The number of thiocarbonyl (C=S) groups is 1. The quantitative estimate of drug-likeness (QED) is 0.196. The number of likely N-dealkylation sites (tertiary alicyclic amines) is 1. The monoisotopic (exact) mass is 514 g/mol. The molecule has 1 heterocycles. The Morgan fingerprint density at radius 1 is 1.03 bits per heavy atom. The lowest BCUT2D eigenvalue weighted by molar-refractivity contribution is -0.121. The van der Waals surface area contributed by atoms with Crippen LogP contribution < -0.4 is 20.7 Å². The number of piperidine rings is 1. The van der Waals surface area contributed by atoms with Crippen molar-refractivity contribution >= 4 is 40.7 Å². The number of carbonyl (C=O) groups is 1. The van der Waals surface area contributed by atoms with Gasteiger partial charge in [-0.2, -0.15) is 0 Å². The third kappa shape index (κ3) is 10.5. The maximum Gasteiger partial charge on any atom is 0.220 e. The van der Waals surface area contributed by atoms with E-state index in [0.717, 1.165) is 35.7 Å². The fourth-order valence-electron chi connectivity index (χ4n) is 4.05. The third-order valence-corrected chi connectivity index (χ3v) is 6.93. The zero-order valence-electron chi connectivity index (χ0n) is 20.7. The van der Waals surface area contributed by atoms with Gasteiger partial charge in [0.1, 0.15) is 5.75 Å². The summed E-state index contributed by atoms with van der Waals surface area (Å²) in [4.78, 5) is 15.8. The fraction of sp³-hybridized carbons (Fsp3) is 0.481. The molecule has 0 radical (unpaired) electrons. The van der Waals surface area contributed by atoms with Crippen LogP contribution in [0.2, 0.25) is 0 Å². The lowest BCUT2D eigenvalue weighted by atomic mass is 10.1. The van der Waals surface area contributed by atoms with Gasteiger partial charge < -0.3 is 20.7 Å². The van der Waals surface area contributed by atoms with Crippen molar-refractivity contribution in [2.24, 2.45) is 0 Å². The predicted molar refractivity (Wildman–Crippen MR) is 150 cm³/mol. The Bertz CT molecular complexity index is 935. The minimum Gasteiger partial charge on any atom is -0.494 e. The molecule has 8 heteroatoms. The summed E-state index contributed by atoms with van der Waals surface area (Å²) in [5, 5.41) is 9.93.